The lowest BCUT2D eigenvalue weighted by Crippen LogP contribution is -2.19. The van der Waals surface area contributed by atoms with Gasteiger partial charge in [-0.25, -0.2) is 10.1 Å². The Bertz CT molecular complexity index is 640. The second kappa shape index (κ2) is 5.36. The molecule has 0 fully saturated rings. The highest BCUT2D eigenvalue weighted by Gasteiger charge is 2.14. The number of benzene rings is 1. The second-order valence-corrected chi connectivity index (χ2v) is 3.84. The topological polar surface area (TPSA) is 127 Å². The number of halogens is 1. The van der Waals surface area contributed by atoms with Gasteiger partial charge in [0.2, 0.25) is 11.5 Å². The van der Waals surface area contributed by atoms with Gasteiger partial charge in [-0.1, -0.05) is 11.6 Å². The summed E-state index contributed by atoms with van der Waals surface area (Å²) < 4.78 is 4.27. The minimum Gasteiger partial charge on any atom is -0.507 e. The van der Waals surface area contributed by atoms with Crippen LogP contribution in [0.5, 0.6) is 5.75 Å². The maximum Gasteiger partial charge on any atom is 0.297 e. The average molecular weight is 282 g/mol. The molecule has 0 saturated heterocycles. The van der Waals surface area contributed by atoms with Crippen LogP contribution in [0.1, 0.15) is 16.1 Å². The lowest BCUT2D eigenvalue weighted by atomic mass is 10.2. The largest absolute Gasteiger partial charge is 0.507 e. The minimum absolute atomic E-state index is 0.0231. The van der Waals surface area contributed by atoms with Crippen molar-refractivity contribution in [3.05, 3.63) is 34.5 Å². The van der Waals surface area contributed by atoms with Crippen molar-refractivity contribution in [2.45, 2.75) is 0 Å². The van der Waals surface area contributed by atoms with E-state index in [0.717, 1.165) is 0 Å². The van der Waals surface area contributed by atoms with Gasteiger partial charge in [0.15, 0.2) is 0 Å². The summed E-state index contributed by atoms with van der Waals surface area (Å²) in [5.74, 6) is -0.847. The third-order valence-corrected chi connectivity index (χ3v) is 2.32. The van der Waals surface area contributed by atoms with Crippen molar-refractivity contribution in [2.24, 2.45) is 5.10 Å². The summed E-state index contributed by atoms with van der Waals surface area (Å²) in [4.78, 5) is 11.5. The number of hydrogen-bond acceptors (Lipinski definition) is 7. The van der Waals surface area contributed by atoms with Crippen molar-refractivity contribution >= 4 is 29.5 Å². The van der Waals surface area contributed by atoms with Crippen LogP contribution in [-0.4, -0.2) is 27.5 Å². The van der Waals surface area contributed by atoms with Gasteiger partial charge in [0.1, 0.15) is 5.75 Å². The molecule has 9 heteroatoms. The Hall–Kier alpha value is -2.61. The van der Waals surface area contributed by atoms with Gasteiger partial charge in [-0.3, -0.25) is 4.79 Å². The van der Waals surface area contributed by atoms with E-state index in [0.29, 0.717) is 10.6 Å². The van der Waals surface area contributed by atoms with Crippen molar-refractivity contribution in [3.8, 4) is 5.75 Å². The fourth-order valence-electron chi connectivity index (χ4n) is 1.20. The molecule has 1 aromatic carbocycles. The number of nitrogens with two attached hydrogens (primary N) is 1. The first-order valence-electron chi connectivity index (χ1n) is 4.98. The van der Waals surface area contributed by atoms with Crippen molar-refractivity contribution in [2.75, 3.05) is 5.73 Å². The van der Waals surface area contributed by atoms with Gasteiger partial charge in [-0.15, -0.1) is 0 Å². The van der Waals surface area contributed by atoms with Gasteiger partial charge in [0.05, 0.1) is 6.21 Å². The molecule has 0 radical (unpaired) electrons. The van der Waals surface area contributed by atoms with Gasteiger partial charge < -0.3 is 10.8 Å². The van der Waals surface area contributed by atoms with Gasteiger partial charge in [-0.2, -0.15) is 5.10 Å². The van der Waals surface area contributed by atoms with Crippen LogP contribution in [0.15, 0.2) is 27.9 Å². The molecule has 0 atom stereocenters. The maximum absolute atomic E-state index is 11.5. The first-order valence-corrected chi connectivity index (χ1v) is 5.35. The summed E-state index contributed by atoms with van der Waals surface area (Å²) in [6, 6.07) is 4.41. The van der Waals surface area contributed by atoms with Crippen molar-refractivity contribution < 1.29 is 14.5 Å². The molecule has 0 aliphatic rings. The van der Waals surface area contributed by atoms with E-state index in [1.165, 1.54) is 24.4 Å². The first kappa shape index (κ1) is 12.8. The van der Waals surface area contributed by atoms with Crippen LogP contribution in [0.25, 0.3) is 0 Å². The zero-order chi connectivity index (χ0) is 13.8. The van der Waals surface area contributed by atoms with Crippen LogP contribution in [0, 0.1) is 0 Å². The summed E-state index contributed by atoms with van der Waals surface area (Å²) in [5, 5.41) is 20.1. The Morgan fingerprint density at radius 2 is 2.32 bits per heavy atom. The fraction of sp³-hybridized carbons (Fsp3) is 0. The van der Waals surface area contributed by atoms with E-state index in [-0.39, 0.29) is 17.3 Å². The molecule has 8 nitrogen and oxygen atoms in total. The lowest BCUT2D eigenvalue weighted by Gasteiger charge is -1.99. The normalized spacial score (nSPS) is 10.8. The molecule has 0 saturated carbocycles. The number of phenols is 1. The third-order valence-electron chi connectivity index (χ3n) is 2.09. The molecule has 0 aliphatic heterocycles. The van der Waals surface area contributed by atoms with Gasteiger partial charge in [-0.05, 0) is 28.5 Å². The van der Waals surface area contributed by atoms with Gasteiger partial charge >= 0.3 is 0 Å². The molecular formula is C10H8ClN5O3. The monoisotopic (exact) mass is 281 g/mol. The van der Waals surface area contributed by atoms with E-state index < -0.39 is 5.91 Å². The summed E-state index contributed by atoms with van der Waals surface area (Å²) >= 11 is 5.75. The SMILES string of the molecule is Nc1nonc1C(=O)NN=Cc1cc(Cl)ccc1O. The molecule has 0 aliphatic carbocycles. The summed E-state index contributed by atoms with van der Waals surface area (Å²) in [5.41, 5.74) is 7.66. The number of nitrogens with one attached hydrogen (secondary N) is 1. The number of hydrazone groups is 1. The number of carbonyl (C=O) groups is 1. The van der Waals surface area contributed by atoms with Crippen molar-refractivity contribution in [3.63, 3.8) is 0 Å². The van der Waals surface area contributed by atoms with Crippen LogP contribution in [0.3, 0.4) is 0 Å². The molecular weight excluding hydrogens is 274 g/mol. The highest BCUT2D eigenvalue weighted by atomic mass is 35.5. The number of hydrogen-bond donors (Lipinski definition) is 3. The molecule has 1 aromatic heterocycles. The highest BCUT2D eigenvalue weighted by Crippen LogP contribution is 2.19. The first-order chi connectivity index (χ1) is 9.08. The number of aromatic nitrogens is 2. The van der Waals surface area contributed by atoms with E-state index in [9.17, 15) is 9.90 Å². The quantitative estimate of drug-likeness (QED) is 0.563. The zero-order valence-electron chi connectivity index (χ0n) is 9.37. The number of nitrogen functional groups attached to an aromatic ring is 1. The fourth-order valence-corrected chi connectivity index (χ4v) is 1.38. The predicted molar refractivity (Wildman–Crippen MR) is 66.9 cm³/mol. The lowest BCUT2D eigenvalue weighted by molar-refractivity contribution is 0.0946. The Labute approximate surface area is 111 Å². The number of anilines is 1. The molecule has 4 N–H and O–H groups in total. The molecule has 1 amide bonds. The molecule has 2 rings (SSSR count). The molecule has 98 valence electrons. The number of amides is 1. The Balaban J connectivity index is 2.06. The molecule has 0 bridgehead atoms. The number of nitrogens with zero attached hydrogens (tertiary/aromatic N) is 3. The summed E-state index contributed by atoms with van der Waals surface area (Å²) in [6.07, 6.45) is 1.23. The Kier molecular flexibility index (Phi) is 3.62. The Morgan fingerprint density at radius 3 is 3.00 bits per heavy atom. The van der Waals surface area contributed by atoms with E-state index in [4.69, 9.17) is 17.3 Å². The van der Waals surface area contributed by atoms with E-state index in [2.05, 4.69) is 25.5 Å². The maximum atomic E-state index is 11.5. The van der Waals surface area contributed by atoms with Gasteiger partial charge in [0.25, 0.3) is 5.91 Å². The summed E-state index contributed by atoms with van der Waals surface area (Å²) in [6.45, 7) is 0. The number of carbonyl (C=O) groups excluding carboxylic acids is 1. The van der Waals surface area contributed by atoms with Crippen LogP contribution < -0.4 is 11.2 Å². The third kappa shape index (κ3) is 2.99. The van der Waals surface area contributed by atoms with E-state index in [1.807, 2.05) is 0 Å². The molecule has 0 unspecified atom stereocenters. The van der Waals surface area contributed by atoms with Crippen LogP contribution >= 0.6 is 11.6 Å². The second-order valence-electron chi connectivity index (χ2n) is 3.40. The standard InChI is InChI=1S/C10H8ClN5O3/c11-6-1-2-7(17)5(3-6)4-13-14-10(18)8-9(12)16-19-15-8/h1-4,17H,(H2,12,16)(H,14,18). The van der Waals surface area contributed by atoms with Crippen LogP contribution in [-0.2, 0) is 0 Å². The van der Waals surface area contributed by atoms with Crippen LogP contribution in [0.4, 0.5) is 5.82 Å². The molecule has 1 heterocycles. The molecule has 2 aromatic rings. The smallest absolute Gasteiger partial charge is 0.297 e. The zero-order valence-corrected chi connectivity index (χ0v) is 10.1. The molecule has 19 heavy (non-hydrogen) atoms. The predicted octanol–water partition coefficient (Wildman–Crippen LogP) is 0.775. The van der Waals surface area contributed by atoms with Crippen molar-refractivity contribution in [1.29, 1.82) is 0 Å². The van der Waals surface area contributed by atoms with E-state index in [1.54, 1.807) is 0 Å². The van der Waals surface area contributed by atoms with Crippen molar-refractivity contribution in [1.82, 2.24) is 15.7 Å². The van der Waals surface area contributed by atoms with Crippen LogP contribution in [0.2, 0.25) is 5.02 Å². The summed E-state index contributed by atoms with van der Waals surface area (Å²) in [7, 11) is 0. The Morgan fingerprint density at radius 1 is 1.53 bits per heavy atom. The highest BCUT2D eigenvalue weighted by molar-refractivity contribution is 6.30. The minimum atomic E-state index is -0.684. The van der Waals surface area contributed by atoms with E-state index >= 15 is 0 Å². The number of phenolic OH excluding ortho intramolecular Hbond substituents is 1. The van der Waals surface area contributed by atoms with Gasteiger partial charge in [0, 0.05) is 10.6 Å². The molecule has 0 spiro atoms. The average Bonchev–Trinajstić information content (AvgIpc) is 2.80. The number of aromatic hydroxyl groups is 1. The number of rotatable bonds is 3.